The lowest BCUT2D eigenvalue weighted by atomic mass is 10.2. The predicted octanol–water partition coefficient (Wildman–Crippen LogP) is 7.99. The molecular weight excluding hydrogens is 887 g/mol. The molecule has 3 fully saturated rings. The Balaban J connectivity index is 0.767. The molecule has 0 radical (unpaired) electrons. The third-order valence-corrected chi connectivity index (χ3v) is 12.4. The highest BCUT2D eigenvalue weighted by Crippen LogP contribution is 2.40. The van der Waals surface area contributed by atoms with E-state index < -0.39 is 11.6 Å². The van der Waals surface area contributed by atoms with E-state index in [0.717, 1.165) is 61.8 Å². The molecule has 19 nitrogen and oxygen atoms in total. The van der Waals surface area contributed by atoms with E-state index in [1.54, 1.807) is 36.4 Å². The summed E-state index contributed by atoms with van der Waals surface area (Å²) in [6.45, 7) is 9.51. The van der Waals surface area contributed by atoms with E-state index in [2.05, 4.69) is 78.0 Å². The van der Waals surface area contributed by atoms with Gasteiger partial charge in [-0.05, 0) is 76.2 Å². The topological polar surface area (TPSA) is 214 Å². The number of nitrogens with one attached hydrogen (secondary N) is 7. The fraction of sp³-hybridized carbons (Fsp3) is 0.333. The van der Waals surface area contributed by atoms with Gasteiger partial charge >= 0.3 is 12.0 Å². The Bertz CT molecular complexity index is 3150. The number of likely N-dealkylation sites (N-methyl/N-ethyl adjacent to an activating group) is 1. The molecule has 8 aromatic rings. The van der Waals surface area contributed by atoms with Gasteiger partial charge < -0.3 is 54.8 Å². The van der Waals surface area contributed by atoms with Crippen LogP contribution in [-0.4, -0.2) is 121 Å². The van der Waals surface area contributed by atoms with Crippen LogP contribution in [-0.2, 0) is 11.3 Å². The van der Waals surface area contributed by atoms with Crippen LogP contribution in [0, 0.1) is 18.6 Å². The van der Waals surface area contributed by atoms with Crippen LogP contribution in [0.15, 0.2) is 66.7 Å². The second-order valence-electron chi connectivity index (χ2n) is 17.7. The fourth-order valence-electron chi connectivity index (χ4n) is 8.70. The number of aromatic amines is 4. The van der Waals surface area contributed by atoms with Gasteiger partial charge in [0.05, 0.1) is 18.4 Å². The first-order chi connectivity index (χ1) is 33.7. The van der Waals surface area contributed by atoms with Gasteiger partial charge in [0, 0.05) is 121 Å². The van der Waals surface area contributed by atoms with Gasteiger partial charge in [-0.2, -0.15) is 30.1 Å². The number of anilines is 6. The third-order valence-electron chi connectivity index (χ3n) is 12.4. The minimum absolute atomic E-state index is 0.000670. The Morgan fingerprint density at radius 3 is 2.09 bits per heavy atom. The van der Waals surface area contributed by atoms with Crippen molar-refractivity contribution in [3.05, 3.63) is 101 Å². The van der Waals surface area contributed by atoms with E-state index in [9.17, 15) is 0 Å². The summed E-state index contributed by atoms with van der Waals surface area (Å²) in [5.74, 6) is 2.81. The Hall–Kier alpha value is -7.62. The van der Waals surface area contributed by atoms with Gasteiger partial charge in [-0.15, -0.1) is 0 Å². The molecular formula is C48H52F2N16O3. The summed E-state index contributed by atoms with van der Waals surface area (Å²) in [4.78, 5) is 31.7. The highest BCUT2D eigenvalue weighted by atomic mass is 19.1. The molecule has 7 N–H and O–H groups in total. The van der Waals surface area contributed by atoms with Crippen LogP contribution in [0.25, 0.3) is 27.9 Å². The number of piperazine rings is 1. The van der Waals surface area contributed by atoms with Crippen molar-refractivity contribution in [2.45, 2.75) is 45.3 Å². The van der Waals surface area contributed by atoms with Gasteiger partial charge in [0.2, 0.25) is 0 Å². The summed E-state index contributed by atoms with van der Waals surface area (Å²) in [5.41, 5.74) is 4.82. The zero-order valence-corrected chi connectivity index (χ0v) is 38.4. The maximum Gasteiger partial charge on any atom is 0.326 e. The van der Waals surface area contributed by atoms with E-state index in [0.29, 0.717) is 95.4 Å². The predicted molar refractivity (Wildman–Crippen MR) is 259 cm³/mol. The van der Waals surface area contributed by atoms with Crippen LogP contribution in [0.2, 0.25) is 0 Å². The molecule has 0 spiro atoms. The van der Waals surface area contributed by atoms with Crippen LogP contribution in [0.4, 0.5) is 43.7 Å². The largest absolute Gasteiger partial charge is 0.421 e. The Morgan fingerprint density at radius 2 is 1.39 bits per heavy atom. The average Bonchev–Trinajstić information content (AvgIpc) is 3.61. The fourth-order valence-corrected chi connectivity index (χ4v) is 8.70. The Labute approximate surface area is 395 Å². The molecule has 11 rings (SSSR count). The number of fused-ring (bicyclic) bond motifs is 2. The van der Waals surface area contributed by atoms with Crippen LogP contribution in [0.1, 0.15) is 48.5 Å². The second-order valence-corrected chi connectivity index (χ2v) is 17.7. The minimum Gasteiger partial charge on any atom is -0.421 e. The molecule has 1 aliphatic carbocycles. The molecule has 6 aromatic heterocycles. The van der Waals surface area contributed by atoms with Crippen molar-refractivity contribution >= 4 is 62.8 Å². The van der Waals surface area contributed by atoms with Gasteiger partial charge in [-0.25, -0.2) is 8.78 Å². The number of rotatable bonds is 16. The molecule has 0 amide bonds. The number of benzene rings is 2. The SMILES string of the molecule is C/C=C\c1cc(Nc2cc(N3CCN(C)CC3)nc(Oc3ccc4[nH]c(CNCC5CN(c6cc(Nc7cc(C8CC8)[nH]n7)nc(Oc7ccc8[nH]c(C)cc8c7F)n6)CCO5)cc4c3F)n2)n[nH]1. The molecule has 69 heavy (non-hydrogen) atoms. The first-order valence-corrected chi connectivity index (χ1v) is 23.2. The third kappa shape index (κ3) is 9.87. The number of aryl methyl sites for hydroxylation is 1. The van der Waals surface area contributed by atoms with Crippen molar-refractivity contribution in [2.75, 3.05) is 79.9 Å². The number of aromatic nitrogens is 10. The first kappa shape index (κ1) is 43.9. The minimum atomic E-state index is -0.534. The Kier molecular flexibility index (Phi) is 12.0. The number of hydrogen-bond acceptors (Lipinski definition) is 15. The summed E-state index contributed by atoms with van der Waals surface area (Å²) >= 11 is 0. The van der Waals surface area contributed by atoms with Gasteiger partial charge in [0.15, 0.2) is 34.8 Å². The summed E-state index contributed by atoms with van der Waals surface area (Å²) in [5, 5.41) is 25.7. The summed E-state index contributed by atoms with van der Waals surface area (Å²) in [7, 11) is 2.09. The highest BCUT2D eigenvalue weighted by molar-refractivity contribution is 5.83. The molecule has 1 saturated carbocycles. The maximum absolute atomic E-state index is 16.3. The Morgan fingerprint density at radius 1 is 0.739 bits per heavy atom. The summed E-state index contributed by atoms with van der Waals surface area (Å²) in [6.07, 6.45) is 5.88. The lowest BCUT2D eigenvalue weighted by molar-refractivity contribution is 0.0404. The van der Waals surface area contributed by atoms with E-state index in [-0.39, 0.29) is 29.6 Å². The molecule has 2 aliphatic heterocycles. The summed E-state index contributed by atoms with van der Waals surface area (Å²) in [6, 6.07) is 17.7. The average molecular weight is 939 g/mol. The molecule has 3 aliphatic rings. The molecule has 1 unspecified atom stereocenters. The van der Waals surface area contributed by atoms with Crippen molar-refractivity contribution in [3.63, 3.8) is 0 Å². The van der Waals surface area contributed by atoms with Crippen LogP contribution in [0.3, 0.4) is 0 Å². The van der Waals surface area contributed by atoms with Gasteiger partial charge in [0.1, 0.15) is 23.3 Å². The van der Waals surface area contributed by atoms with Gasteiger partial charge in [-0.1, -0.05) is 6.08 Å². The number of halogens is 2. The van der Waals surface area contributed by atoms with Crippen molar-refractivity contribution in [1.82, 2.24) is 60.5 Å². The monoisotopic (exact) mass is 938 g/mol. The van der Waals surface area contributed by atoms with Gasteiger partial charge in [-0.3, -0.25) is 10.2 Å². The van der Waals surface area contributed by atoms with Crippen molar-refractivity contribution in [3.8, 4) is 23.5 Å². The maximum atomic E-state index is 16.3. The second kappa shape index (κ2) is 18.8. The van der Waals surface area contributed by atoms with Crippen molar-refractivity contribution in [2.24, 2.45) is 0 Å². The molecule has 2 saturated heterocycles. The lowest BCUT2D eigenvalue weighted by Crippen LogP contribution is -2.47. The van der Waals surface area contributed by atoms with Crippen molar-refractivity contribution in [1.29, 1.82) is 0 Å². The lowest BCUT2D eigenvalue weighted by Gasteiger charge is -2.34. The zero-order valence-electron chi connectivity index (χ0n) is 38.4. The molecule has 356 valence electrons. The number of hydrogen-bond donors (Lipinski definition) is 7. The number of morpholine rings is 1. The van der Waals surface area contributed by atoms with E-state index >= 15 is 8.78 Å². The number of allylic oxidation sites excluding steroid dienone is 1. The standard InChI is InChI=1S/C48H52F2N16O3/c1-4-5-29-20-41(62-60-29)54-39-22-43(65-14-12-64(3)13-15-65)58-47(56-39)69-38-11-9-35-33(46(38)50)19-30(53-35)24-51-25-31-26-66(16-17-67-31)44-23-40(55-42-21-36(61-63-42)28-6-7-28)57-48(59-44)68-37-10-8-34-32(45(37)49)18-27(2)52-34/h4-5,8-11,18-23,28,31,51-53H,6-7,12-17,24-26H2,1-3H3,(H2,54,56,58,60,62)(H2,55,57,59,61,63)/b5-4-. The van der Waals surface area contributed by atoms with Crippen molar-refractivity contribution < 1.29 is 23.0 Å². The molecule has 1 atom stereocenters. The quantitative estimate of drug-likeness (QED) is 0.0489. The number of ether oxygens (including phenoxy) is 3. The smallest absolute Gasteiger partial charge is 0.326 e. The number of H-pyrrole nitrogens is 4. The summed E-state index contributed by atoms with van der Waals surface area (Å²) < 4.78 is 50.3. The first-order valence-electron chi connectivity index (χ1n) is 23.2. The van der Waals surface area contributed by atoms with Crippen LogP contribution < -0.4 is 35.2 Å². The van der Waals surface area contributed by atoms with E-state index in [4.69, 9.17) is 24.2 Å². The molecule has 2 aromatic carbocycles. The van der Waals surface area contributed by atoms with E-state index in [1.165, 1.54) is 0 Å². The van der Waals surface area contributed by atoms with Crippen LogP contribution in [0.5, 0.6) is 23.5 Å². The zero-order chi connectivity index (χ0) is 47.0. The van der Waals surface area contributed by atoms with Gasteiger partial charge in [0.25, 0.3) is 0 Å². The molecule has 0 bridgehead atoms. The number of nitrogens with zero attached hydrogens (tertiary/aromatic N) is 9. The highest BCUT2D eigenvalue weighted by Gasteiger charge is 2.27. The van der Waals surface area contributed by atoms with E-state index in [1.807, 2.05) is 50.3 Å². The molecule has 8 heterocycles. The molecule has 21 heteroatoms. The van der Waals surface area contributed by atoms with Crippen LogP contribution >= 0.6 is 0 Å². The normalized spacial score (nSPS) is 16.9.